The monoisotopic (exact) mass is 463 g/mol. The molecule has 3 aromatic rings. The van der Waals surface area contributed by atoms with Gasteiger partial charge in [0.15, 0.2) is 6.61 Å². The molecule has 0 aliphatic carbocycles. The minimum atomic E-state index is -0.376. The molecule has 7 nitrogen and oxygen atoms in total. The van der Waals surface area contributed by atoms with Crippen LogP contribution in [0.2, 0.25) is 0 Å². The molecule has 1 aromatic heterocycles. The lowest BCUT2D eigenvalue weighted by Gasteiger charge is -2.17. The Bertz CT molecular complexity index is 1110. The summed E-state index contributed by atoms with van der Waals surface area (Å²) in [5.41, 5.74) is 2.53. The standard InChI is InChI=1S/C25H25N3O4S/c1-17-4-6-19(7-5-17)27-23(29)16-32-21-10-8-20(9-11-21)28-15-18(13-24(28)30)25(31)26-14-22-3-2-12-33-22/h2-12,18H,13-16H2,1H3,(H,26,31)(H,27,29)/t18-/m1/s1. The van der Waals surface area contributed by atoms with Crippen LogP contribution >= 0.6 is 11.3 Å². The molecule has 170 valence electrons. The zero-order valence-corrected chi connectivity index (χ0v) is 19.1. The van der Waals surface area contributed by atoms with Crippen LogP contribution in [0.3, 0.4) is 0 Å². The molecule has 2 aromatic carbocycles. The van der Waals surface area contributed by atoms with Gasteiger partial charge in [-0.2, -0.15) is 0 Å². The summed E-state index contributed by atoms with van der Waals surface area (Å²) in [6.07, 6.45) is 0.188. The van der Waals surface area contributed by atoms with Crippen LogP contribution in [-0.4, -0.2) is 30.9 Å². The van der Waals surface area contributed by atoms with Crippen LogP contribution in [0.4, 0.5) is 11.4 Å². The first-order chi connectivity index (χ1) is 16.0. The van der Waals surface area contributed by atoms with E-state index in [1.807, 2.05) is 48.7 Å². The van der Waals surface area contributed by atoms with E-state index in [1.54, 1.807) is 40.5 Å². The van der Waals surface area contributed by atoms with E-state index in [1.165, 1.54) is 0 Å². The number of hydrogen-bond donors (Lipinski definition) is 2. The van der Waals surface area contributed by atoms with Crippen molar-refractivity contribution in [3.63, 3.8) is 0 Å². The van der Waals surface area contributed by atoms with Crippen LogP contribution in [0.15, 0.2) is 66.0 Å². The number of aryl methyl sites for hydroxylation is 1. The van der Waals surface area contributed by atoms with Gasteiger partial charge in [0.1, 0.15) is 5.75 Å². The van der Waals surface area contributed by atoms with E-state index in [0.717, 1.165) is 10.4 Å². The van der Waals surface area contributed by atoms with Gasteiger partial charge < -0.3 is 20.3 Å². The van der Waals surface area contributed by atoms with Crippen molar-refractivity contribution in [3.05, 3.63) is 76.5 Å². The summed E-state index contributed by atoms with van der Waals surface area (Å²) in [6.45, 7) is 2.68. The molecular formula is C25H25N3O4S. The Kier molecular flexibility index (Phi) is 7.04. The molecule has 2 heterocycles. The molecule has 2 N–H and O–H groups in total. The summed E-state index contributed by atoms with van der Waals surface area (Å²) in [5, 5.41) is 7.66. The molecule has 3 amide bonds. The molecule has 0 unspecified atom stereocenters. The maximum absolute atomic E-state index is 12.5. The second kappa shape index (κ2) is 10.3. The highest BCUT2D eigenvalue weighted by molar-refractivity contribution is 7.09. The van der Waals surface area contributed by atoms with Crippen molar-refractivity contribution < 1.29 is 19.1 Å². The van der Waals surface area contributed by atoms with E-state index >= 15 is 0 Å². The maximum Gasteiger partial charge on any atom is 0.262 e. The van der Waals surface area contributed by atoms with Crippen molar-refractivity contribution in [2.45, 2.75) is 19.9 Å². The topological polar surface area (TPSA) is 87.7 Å². The minimum Gasteiger partial charge on any atom is -0.484 e. The van der Waals surface area contributed by atoms with Gasteiger partial charge in [-0.15, -0.1) is 11.3 Å². The molecular weight excluding hydrogens is 438 g/mol. The van der Waals surface area contributed by atoms with E-state index in [2.05, 4.69) is 10.6 Å². The van der Waals surface area contributed by atoms with E-state index < -0.39 is 0 Å². The Labute approximate surface area is 196 Å². The summed E-state index contributed by atoms with van der Waals surface area (Å²) in [5.74, 6) is -0.307. The second-order valence-corrected chi connectivity index (χ2v) is 8.93. The zero-order chi connectivity index (χ0) is 23.2. The van der Waals surface area contributed by atoms with Gasteiger partial charge in [0, 0.05) is 29.2 Å². The van der Waals surface area contributed by atoms with Gasteiger partial charge in [-0.3, -0.25) is 14.4 Å². The largest absolute Gasteiger partial charge is 0.484 e. The number of nitrogens with zero attached hydrogens (tertiary/aromatic N) is 1. The van der Waals surface area contributed by atoms with Crippen LogP contribution in [0.1, 0.15) is 16.9 Å². The van der Waals surface area contributed by atoms with Crippen LogP contribution in [0.25, 0.3) is 0 Å². The third kappa shape index (κ3) is 5.98. The van der Waals surface area contributed by atoms with Crippen LogP contribution in [0.5, 0.6) is 5.75 Å². The number of nitrogens with one attached hydrogen (secondary N) is 2. The summed E-state index contributed by atoms with van der Waals surface area (Å²) < 4.78 is 5.56. The summed E-state index contributed by atoms with van der Waals surface area (Å²) >= 11 is 1.58. The summed E-state index contributed by atoms with van der Waals surface area (Å²) in [4.78, 5) is 39.7. The average molecular weight is 464 g/mol. The lowest BCUT2D eigenvalue weighted by atomic mass is 10.1. The number of carbonyl (C=O) groups is 3. The van der Waals surface area contributed by atoms with Crippen molar-refractivity contribution in [2.24, 2.45) is 5.92 Å². The third-order valence-corrected chi connectivity index (χ3v) is 6.24. The number of amides is 3. The Morgan fingerprint density at radius 1 is 1.09 bits per heavy atom. The quantitative estimate of drug-likeness (QED) is 0.533. The van der Waals surface area contributed by atoms with Crippen molar-refractivity contribution in [2.75, 3.05) is 23.4 Å². The molecule has 1 atom stereocenters. The molecule has 1 aliphatic rings. The van der Waals surface area contributed by atoms with Crippen LogP contribution in [-0.2, 0) is 20.9 Å². The molecule has 33 heavy (non-hydrogen) atoms. The van der Waals surface area contributed by atoms with Crippen LogP contribution < -0.4 is 20.3 Å². The van der Waals surface area contributed by atoms with Gasteiger partial charge in [-0.25, -0.2) is 0 Å². The molecule has 1 saturated heterocycles. The van der Waals surface area contributed by atoms with Crippen molar-refractivity contribution in [1.29, 1.82) is 0 Å². The average Bonchev–Trinajstić information content (AvgIpc) is 3.48. The van der Waals surface area contributed by atoms with Gasteiger partial charge in [-0.05, 0) is 54.8 Å². The maximum atomic E-state index is 12.5. The lowest BCUT2D eigenvalue weighted by Crippen LogP contribution is -2.32. The number of hydrogen-bond acceptors (Lipinski definition) is 5. The fraction of sp³-hybridized carbons (Fsp3) is 0.240. The van der Waals surface area contributed by atoms with Crippen molar-refractivity contribution >= 4 is 40.4 Å². The number of ether oxygens (including phenoxy) is 1. The summed E-state index contributed by atoms with van der Waals surface area (Å²) in [7, 11) is 0. The highest BCUT2D eigenvalue weighted by Gasteiger charge is 2.35. The smallest absolute Gasteiger partial charge is 0.262 e. The second-order valence-electron chi connectivity index (χ2n) is 7.90. The normalized spacial score (nSPS) is 15.4. The molecule has 1 fully saturated rings. The Morgan fingerprint density at radius 2 is 1.85 bits per heavy atom. The fourth-order valence-corrected chi connectivity index (χ4v) is 4.21. The SMILES string of the molecule is Cc1ccc(NC(=O)COc2ccc(N3C[C@H](C(=O)NCc4cccs4)CC3=O)cc2)cc1. The van der Waals surface area contributed by atoms with Gasteiger partial charge >= 0.3 is 0 Å². The Morgan fingerprint density at radius 3 is 2.55 bits per heavy atom. The molecule has 8 heteroatoms. The van der Waals surface area contributed by atoms with Gasteiger partial charge in [0.05, 0.1) is 12.5 Å². The Balaban J connectivity index is 1.26. The van der Waals surface area contributed by atoms with Gasteiger partial charge in [0.2, 0.25) is 11.8 Å². The molecule has 0 radical (unpaired) electrons. The molecule has 0 spiro atoms. The zero-order valence-electron chi connectivity index (χ0n) is 18.2. The fourth-order valence-electron chi connectivity index (χ4n) is 3.57. The number of carbonyl (C=O) groups excluding carboxylic acids is 3. The van der Waals surface area contributed by atoms with Crippen molar-refractivity contribution in [3.8, 4) is 5.75 Å². The van der Waals surface area contributed by atoms with E-state index in [-0.39, 0.29) is 36.7 Å². The molecule has 0 saturated carbocycles. The lowest BCUT2D eigenvalue weighted by molar-refractivity contribution is -0.126. The van der Waals surface area contributed by atoms with E-state index in [9.17, 15) is 14.4 Å². The highest BCUT2D eigenvalue weighted by atomic mass is 32.1. The molecule has 4 rings (SSSR count). The molecule has 0 bridgehead atoms. The minimum absolute atomic E-state index is 0.0857. The van der Waals surface area contributed by atoms with E-state index in [4.69, 9.17) is 4.74 Å². The van der Waals surface area contributed by atoms with Gasteiger partial charge in [-0.1, -0.05) is 23.8 Å². The van der Waals surface area contributed by atoms with E-state index in [0.29, 0.717) is 30.2 Å². The number of rotatable bonds is 8. The van der Waals surface area contributed by atoms with Crippen molar-refractivity contribution in [1.82, 2.24) is 5.32 Å². The predicted molar refractivity (Wildman–Crippen MR) is 128 cm³/mol. The number of benzene rings is 2. The highest BCUT2D eigenvalue weighted by Crippen LogP contribution is 2.27. The summed E-state index contributed by atoms with van der Waals surface area (Å²) in [6, 6.07) is 18.4. The molecule has 1 aliphatic heterocycles. The third-order valence-electron chi connectivity index (χ3n) is 5.37. The number of anilines is 2. The van der Waals surface area contributed by atoms with Gasteiger partial charge in [0.25, 0.3) is 5.91 Å². The predicted octanol–water partition coefficient (Wildman–Crippen LogP) is 3.74. The first kappa shape index (κ1) is 22.5. The first-order valence-corrected chi connectivity index (χ1v) is 11.6. The van der Waals surface area contributed by atoms with Crippen LogP contribution in [0, 0.1) is 12.8 Å². The Hall–Kier alpha value is -3.65. The number of thiophene rings is 1. The first-order valence-electron chi connectivity index (χ1n) is 10.7.